The van der Waals surface area contributed by atoms with E-state index in [1.165, 1.54) is 12.3 Å². The highest BCUT2D eigenvalue weighted by Crippen LogP contribution is 2.21. The third-order valence-electron chi connectivity index (χ3n) is 2.14. The summed E-state index contributed by atoms with van der Waals surface area (Å²) >= 11 is 0. The molecular weight excluding hydrogens is 218 g/mol. The van der Waals surface area contributed by atoms with E-state index in [4.69, 9.17) is 16.2 Å². The van der Waals surface area contributed by atoms with Crippen LogP contribution < -0.4 is 16.2 Å². The van der Waals surface area contributed by atoms with Crippen LogP contribution in [0.5, 0.6) is 11.6 Å². The van der Waals surface area contributed by atoms with Gasteiger partial charge in [-0.25, -0.2) is 4.98 Å². The van der Waals surface area contributed by atoms with E-state index in [1.54, 1.807) is 12.1 Å². The zero-order valence-corrected chi connectivity index (χ0v) is 8.96. The quantitative estimate of drug-likeness (QED) is 0.835. The first-order valence-electron chi connectivity index (χ1n) is 4.95. The molecule has 5 nitrogen and oxygen atoms in total. The molecule has 5 heteroatoms. The van der Waals surface area contributed by atoms with E-state index >= 15 is 0 Å². The van der Waals surface area contributed by atoms with Gasteiger partial charge in [-0.15, -0.1) is 0 Å². The average molecular weight is 229 g/mol. The van der Waals surface area contributed by atoms with Crippen LogP contribution in [-0.2, 0) is 0 Å². The Hall–Kier alpha value is -2.56. The van der Waals surface area contributed by atoms with Crippen LogP contribution in [0.25, 0.3) is 0 Å². The Balaban J connectivity index is 2.29. The Bertz CT molecular complexity index is 541. The number of benzene rings is 1. The maximum Gasteiger partial charge on any atom is 0.251 e. The first kappa shape index (κ1) is 10.9. The summed E-state index contributed by atoms with van der Waals surface area (Å²) in [7, 11) is 0. The van der Waals surface area contributed by atoms with Gasteiger partial charge in [0.25, 0.3) is 5.91 Å². The molecule has 0 atom stereocenters. The maximum absolute atomic E-state index is 11.1. The van der Waals surface area contributed by atoms with Crippen molar-refractivity contribution in [1.82, 2.24) is 4.98 Å². The summed E-state index contributed by atoms with van der Waals surface area (Å²) in [6.45, 7) is 0. The van der Waals surface area contributed by atoms with Crippen molar-refractivity contribution in [1.29, 1.82) is 0 Å². The highest BCUT2D eigenvalue weighted by atomic mass is 16.5. The fourth-order valence-electron chi connectivity index (χ4n) is 1.33. The van der Waals surface area contributed by atoms with Gasteiger partial charge in [-0.1, -0.05) is 18.2 Å². The van der Waals surface area contributed by atoms with Crippen molar-refractivity contribution in [2.45, 2.75) is 0 Å². The molecule has 0 unspecified atom stereocenters. The van der Waals surface area contributed by atoms with Crippen molar-refractivity contribution in [2.75, 3.05) is 5.73 Å². The number of ether oxygens (including phenoxy) is 1. The van der Waals surface area contributed by atoms with E-state index in [2.05, 4.69) is 4.98 Å². The van der Waals surface area contributed by atoms with Crippen LogP contribution in [-0.4, -0.2) is 10.9 Å². The van der Waals surface area contributed by atoms with Gasteiger partial charge in [-0.3, -0.25) is 4.79 Å². The highest BCUT2D eigenvalue weighted by molar-refractivity contribution is 5.98. The molecule has 0 saturated carbocycles. The number of rotatable bonds is 3. The molecule has 0 aliphatic carbocycles. The summed E-state index contributed by atoms with van der Waals surface area (Å²) in [5.74, 6) is 0.294. The number of anilines is 1. The van der Waals surface area contributed by atoms with Gasteiger partial charge in [-0.05, 0) is 12.1 Å². The number of primary amides is 1. The zero-order chi connectivity index (χ0) is 12.3. The van der Waals surface area contributed by atoms with Crippen molar-refractivity contribution >= 4 is 11.6 Å². The van der Waals surface area contributed by atoms with E-state index in [0.717, 1.165) is 0 Å². The molecule has 0 bridgehead atoms. The molecule has 2 aromatic rings. The Kier molecular flexibility index (Phi) is 2.91. The molecule has 1 aromatic heterocycles. The van der Waals surface area contributed by atoms with Gasteiger partial charge < -0.3 is 16.2 Å². The predicted molar refractivity (Wildman–Crippen MR) is 63.7 cm³/mol. The van der Waals surface area contributed by atoms with Crippen molar-refractivity contribution in [3.05, 3.63) is 48.2 Å². The minimum atomic E-state index is -0.609. The summed E-state index contributed by atoms with van der Waals surface area (Å²) in [6, 6.07) is 10.5. The normalized spacial score (nSPS) is 9.88. The van der Waals surface area contributed by atoms with Crippen molar-refractivity contribution in [3.8, 4) is 11.6 Å². The minimum absolute atomic E-state index is 0.200. The lowest BCUT2D eigenvalue weighted by Gasteiger charge is -2.06. The van der Waals surface area contributed by atoms with Gasteiger partial charge in [0.05, 0.1) is 17.4 Å². The summed E-state index contributed by atoms with van der Waals surface area (Å²) in [4.78, 5) is 15.0. The molecule has 1 aromatic carbocycles. The van der Waals surface area contributed by atoms with Crippen molar-refractivity contribution in [2.24, 2.45) is 5.73 Å². The monoisotopic (exact) mass is 229 g/mol. The fourth-order valence-corrected chi connectivity index (χ4v) is 1.33. The van der Waals surface area contributed by atoms with Crippen molar-refractivity contribution in [3.63, 3.8) is 0 Å². The average Bonchev–Trinajstić information content (AvgIpc) is 2.32. The number of nitrogens with two attached hydrogens (primary N) is 2. The van der Waals surface area contributed by atoms with E-state index < -0.39 is 5.91 Å². The SMILES string of the molecule is NC(=O)c1cc(Oc2ccccc2)ncc1N. The second kappa shape index (κ2) is 4.52. The molecule has 86 valence electrons. The Morgan fingerprint density at radius 3 is 2.59 bits per heavy atom. The van der Waals surface area contributed by atoms with Gasteiger partial charge in [0.1, 0.15) is 5.75 Å². The predicted octanol–water partition coefficient (Wildman–Crippen LogP) is 1.55. The van der Waals surface area contributed by atoms with Gasteiger partial charge in [0.15, 0.2) is 0 Å². The molecule has 0 fully saturated rings. The minimum Gasteiger partial charge on any atom is -0.439 e. The molecule has 2 rings (SSSR count). The number of hydrogen-bond acceptors (Lipinski definition) is 4. The third-order valence-corrected chi connectivity index (χ3v) is 2.14. The standard InChI is InChI=1S/C12H11N3O2/c13-10-7-15-11(6-9(10)12(14)16)17-8-4-2-1-3-5-8/h1-7H,13H2,(H2,14,16). The molecule has 0 aliphatic heterocycles. The van der Waals surface area contributed by atoms with Crippen LogP contribution >= 0.6 is 0 Å². The van der Waals surface area contributed by atoms with Gasteiger partial charge in [-0.2, -0.15) is 0 Å². The van der Waals surface area contributed by atoms with E-state index in [9.17, 15) is 4.79 Å². The van der Waals surface area contributed by atoms with Crippen LogP contribution in [0.15, 0.2) is 42.6 Å². The van der Waals surface area contributed by atoms with Crippen LogP contribution in [0.3, 0.4) is 0 Å². The number of amides is 1. The lowest BCUT2D eigenvalue weighted by atomic mass is 10.2. The number of aromatic nitrogens is 1. The Morgan fingerprint density at radius 2 is 1.94 bits per heavy atom. The molecule has 17 heavy (non-hydrogen) atoms. The number of para-hydroxylation sites is 1. The molecule has 0 radical (unpaired) electrons. The first-order valence-corrected chi connectivity index (χ1v) is 4.95. The largest absolute Gasteiger partial charge is 0.439 e. The summed E-state index contributed by atoms with van der Waals surface area (Å²) in [5.41, 5.74) is 11.2. The van der Waals surface area contributed by atoms with Crippen LogP contribution in [0.2, 0.25) is 0 Å². The van der Waals surface area contributed by atoms with Crippen LogP contribution in [0, 0.1) is 0 Å². The molecule has 0 spiro atoms. The molecular formula is C12H11N3O2. The summed E-state index contributed by atoms with van der Waals surface area (Å²) in [5, 5.41) is 0. The summed E-state index contributed by atoms with van der Waals surface area (Å²) in [6.07, 6.45) is 1.35. The van der Waals surface area contributed by atoms with Gasteiger partial charge in [0, 0.05) is 6.07 Å². The molecule has 0 aliphatic rings. The van der Waals surface area contributed by atoms with Crippen LogP contribution in [0.1, 0.15) is 10.4 Å². The molecule has 1 amide bonds. The van der Waals surface area contributed by atoms with Gasteiger partial charge >= 0.3 is 0 Å². The van der Waals surface area contributed by atoms with Crippen LogP contribution in [0.4, 0.5) is 5.69 Å². The van der Waals surface area contributed by atoms with E-state index in [0.29, 0.717) is 5.75 Å². The lowest BCUT2D eigenvalue weighted by molar-refractivity contribution is 0.100. The smallest absolute Gasteiger partial charge is 0.251 e. The number of carbonyl (C=O) groups is 1. The number of carbonyl (C=O) groups excluding carboxylic acids is 1. The molecule has 0 saturated heterocycles. The molecule has 1 heterocycles. The number of nitrogen functional groups attached to an aromatic ring is 1. The second-order valence-electron chi connectivity index (χ2n) is 3.39. The van der Waals surface area contributed by atoms with Crippen molar-refractivity contribution < 1.29 is 9.53 Å². The molecule has 4 N–H and O–H groups in total. The van der Waals surface area contributed by atoms with E-state index in [-0.39, 0.29) is 17.1 Å². The first-order chi connectivity index (χ1) is 8.16. The third kappa shape index (κ3) is 2.52. The highest BCUT2D eigenvalue weighted by Gasteiger charge is 2.08. The number of nitrogens with zero attached hydrogens (tertiary/aromatic N) is 1. The van der Waals surface area contributed by atoms with E-state index in [1.807, 2.05) is 18.2 Å². The Labute approximate surface area is 98.0 Å². The summed E-state index contributed by atoms with van der Waals surface area (Å²) < 4.78 is 5.45. The number of hydrogen-bond donors (Lipinski definition) is 2. The lowest BCUT2D eigenvalue weighted by Crippen LogP contribution is -2.13. The van der Waals surface area contributed by atoms with Gasteiger partial charge in [0.2, 0.25) is 5.88 Å². The zero-order valence-electron chi connectivity index (χ0n) is 8.96. The number of pyridine rings is 1. The fraction of sp³-hybridized carbons (Fsp3) is 0. The maximum atomic E-state index is 11.1. The topological polar surface area (TPSA) is 91.2 Å². The second-order valence-corrected chi connectivity index (χ2v) is 3.39. The Morgan fingerprint density at radius 1 is 1.24 bits per heavy atom.